The van der Waals surface area contributed by atoms with Crippen molar-refractivity contribution in [2.24, 2.45) is 10.9 Å². The van der Waals surface area contributed by atoms with E-state index in [-0.39, 0.29) is 17.9 Å². The quantitative estimate of drug-likeness (QED) is 0.328. The van der Waals surface area contributed by atoms with Gasteiger partial charge in [-0.2, -0.15) is 0 Å². The SMILES string of the molecule is CNCCOC(=O)C1=C(C)N=C(C)C(C(=O)OC)C1c1cccc([N+](=O)[O-])c1. The fraction of sp³-hybridized carbons (Fsp3) is 0.421. The number of hydrogen-bond donors (Lipinski definition) is 1. The summed E-state index contributed by atoms with van der Waals surface area (Å²) in [7, 11) is 2.97. The van der Waals surface area contributed by atoms with Crippen LogP contribution in [-0.4, -0.2) is 49.9 Å². The van der Waals surface area contributed by atoms with Crippen LogP contribution in [0.25, 0.3) is 0 Å². The van der Waals surface area contributed by atoms with Gasteiger partial charge in [0.15, 0.2) is 0 Å². The van der Waals surface area contributed by atoms with Gasteiger partial charge in [-0.1, -0.05) is 12.1 Å². The molecule has 2 rings (SSSR count). The van der Waals surface area contributed by atoms with Gasteiger partial charge in [0.2, 0.25) is 0 Å². The van der Waals surface area contributed by atoms with Gasteiger partial charge in [-0.15, -0.1) is 0 Å². The summed E-state index contributed by atoms with van der Waals surface area (Å²) >= 11 is 0. The highest BCUT2D eigenvalue weighted by Gasteiger charge is 2.42. The molecule has 0 bridgehead atoms. The van der Waals surface area contributed by atoms with Crippen molar-refractivity contribution < 1.29 is 24.0 Å². The van der Waals surface area contributed by atoms with Crippen molar-refractivity contribution in [2.75, 3.05) is 27.3 Å². The maximum atomic E-state index is 12.8. The largest absolute Gasteiger partial charge is 0.468 e. The zero-order chi connectivity index (χ0) is 20.8. The molecule has 0 saturated heterocycles. The predicted molar refractivity (Wildman–Crippen MR) is 102 cm³/mol. The molecule has 1 aromatic rings. The average molecular weight is 389 g/mol. The molecule has 0 spiro atoms. The number of non-ortho nitro benzene ring substituents is 1. The molecule has 2 unspecified atom stereocenters. The summed E-state index contributed by atoms with van der Waals surface area (Å²) < 4.78 is 10.2. The molecule has 0 saturated carbocycles. The molecule has 0 amide bonds. The normalized spacial score (nSPS) is 19.1. The van der Waals surface area contributed by atoms with E-state index >= 15 is 0 Å². The van der Waals surface area contributed by atoms with Crippen LogP contribution >= 0.6 is 0 Å². The number of rotatable bonds is 7. The molecular weight excluding hydrogens is 366 g/mol. The number of nitrogens with zero attached hydrogens (tertiary/aromatic N) is 2. The van der Waals surface area contributed by atoms with E-state index in [4.69, 9.17) is 9.47 Å². The lowest BCUT2D eigenvalue weighted by atomic mass is 9.75. The van der Waals surface area contributed by atoms with E-state index in [0.29, 0.717) is 23.5 Å². The van der Waals surface area contributed by atoms with Crippen LogP contribution in [0.5, 0.6) is 0 Å². The Morgan fingerprint density at radius 1 is 1.32 bits per heavy atom. The lowest BCUT2D eigenvalue weighted by Crippen LogP contribution is -2.36. The van der Waals surface area contributed by atoms with Gasteiger partial charge in [0, 0.05) is 36.0 Å². The first-order valence-electron chi connectivity index (χ1n) is 8.71. The van der Waals surface area contributed by atoms with Crippen molar-refractivity contribution in [2.45, 2.75) is 19.8 Å². The Morgan fingerprint density at radius 3 is 2.64 bits per heavy atom. The topological polar surface area (TPSA) is 120 Å². The van der Waals surface area contributed by atoms with Crippen LogP contribution in [0.2, 0.25) is 0 Å². The lowest BCUT2D eigenvalue weighted by Gasteiger charge is -2.31. The van der Waals surface area contributed by atoms with Crippen LogP contribution in [0, 0.1) is 16.0 Å². The molecule has 2 atom stereocenters. The minimum Gasteiger partial charge on any atom is -0.468 e. The number of ether oxygens (including phenoxy) is 2. The van der Waals surface area contributed by atoms with E-state index in [0.717, 1.165) is 0 Å². The van der Waals surface area contributed by atoms with E-state index in [1.807, 2.05) is 0 Å². The molecule has 9 heteroatoms. The Labute approximate surface area is 162 Å². The van der Waals surface area contributed by atoms with Gasteiger partial charge in [-0.25, -0.2) is 4.79 Å². The molecule has 1 aromatic carbocycles. The predicted octanol–water partition coefficient (Wildman–Crippen LogP) is 1.98. The number of methoxy groups -OCH3 is 1. The number of nitrogens with one attached hydrogen (secondary N) is 1. The number of benzene rings is 1. The summed E-state index contributed by atoms with van der Waals surface area (Å²) in [6, 6.07) is 5.86. The minimum absolute atomic E-state index is 0.137. The number of esters is 2. The average Bonchev–Trinajstić information content (AvgIpc) is 2.67. The molecule has 0 fully saturated rings. The number of nitro benzene ring substituents is 1. The van der Waals surface area contributed by atoms with Crippen molar-refractivity contribution in [3.63, 3.8) is 0 Å². The van der Waals surface area contributed by atoms with Gasteiger partial charge in [0.05, 0.1) is 17.6 Å². The standard InChI is InChI=1S/C19H23N3O6/c1-11-15(18(23)27-4)17(13-6-5-7-14(10-13)22(25)26)16(12(2)21-11)19(24)28-9-8-20-3/h5-7,10,15,17,20H,8-9H2,1-4H3. The number of hydrogen-bond acceptors (Lipinski definition) is 8. The summed E-state index contributed by atoms with van der Waals surface area (Å²) in [5.41, 5.74) is 1.37. The molecule has 150 valence electrons. The highest BCUT2D eigenvalue weighted by molar-refractivity contribution is 6.07. The molecule has 0 aliphatic carbocycles. The van der Waals surface area contributed by atoms with Gasteiger partial charge >= 0.3 is 11.9 Å². The number of nitro groups is 1. The van der Waals surface area contributed by atoms with Crippen molar-refractivity contribution >= 4 is 23.3 Å². The number of carbonyl (C=O) groups excluding carboxylic acids is 2. The third-order valence-corrected chi connectivity index (χ3v) is 4.53. The van der Waals surface area contributed by atoms with Crippen LogP contribution in [0.1, 0.15) is 25.3 Å². The van der Waals surface area contributed by atoms with E-state index in [1.165, 1.54) is 25.3 Å². The monoisotopic (exact) mass is 389 g/mol. The van der Waals surface area contributed by atoms with E-state index in [2.05, 4.69) is 10.3 Å². The molecule has 0 aromatic heterocycles. The van der Waals surface area contributed by atoms with E-state index in [1.54, 1.807) is 27.0 Å². The molecule has 1 N–H and O–H groups in total. The second-order valence-corrected chi connectivity index (χ2v) is 6.32. The van der Waals surface area contributed by atoms with Gasteiger partial charge in [-0.05, 0) is 26.5 Å². The van der Waals surface area contributed by atoms with Gasteiger partial charge in [0.25, 0.3) is 5.69 Å². The maximum Gasteiger partial charge on any atom is 0.336 e. The Hall–Kier alpha value is -3.07. The Balaban J connectivity index is 2.59. The van der Waals surface area contributed by atoms with Crippen molar-refractivity contribution in [1.29, 1.82) is 0 Å². The first kappa shape index (κ1) is 21.2. The zero-order valence-electron chi connectivity index (χ0n) is 16.2. The summed E-state index contributed by atoms with van der Waals surface area (Å²) in [5, 5.41) is 14.1. The van der Waals surface area contributed by atoms with Crippen LogP contribution in [0.3, 0.4) is 0 Å². The molecule has 0 radical (unpaired) electrons. The molecule has 1 aliphatic rings. The van der Waals surface area contributed by atoms with Gasteiger partial charge < -0.3 is 14.8 Å². The number of likely N-dealkylation sites (N-methyl/N-ethyl adjacent to an activating group) is 1. The molecule has 1 aliphatic heterocycles. The van der Waals surface area contributed by atoms with Crippen molar-refractivity contribution in [3.8, 4) is 0 Å². The summed E-state index contributed by atoms with van der Waals surface area (Å²) in [6.07, 6.45) is 0. The summed E-state index contributed by atoms with van der Waals surface area (Å²) in [6.45, 7) is 3.91. The molecule has 9 nitrogen and oxygen atoms in total. The fourth-order valence-electron chi connectivity index (χ4n) is 3.25. The first-order valence-corrected chi connectivity index (χ1v) is 8.71. The zero-order valence-corrected chi connectivity index (χ0v) is 16.2. The van der Waals surface area contributed by atoms with Crippen LogP contribution in [0.15, 0.2) is 40.5 Å². The maximum absolute atomic E-state index is 12.8. The highest BCUT2D eigenvalue weighted by atomic mass is 16.6. The number of allylic oxidation sites excluding steroid dienone is 1. The highest BCUT2D eigenvalue weighted by Crippen LogP contribution is 2.40. The Bertz CT molecular complexity index is 846. The Kier molecular flexibility index (Phi) is 7.00. The summed E-state index contributed by atoms with van der Waals surface area (Å²) in [5.74, 6) is -2.88. The number of carbonyl (C=O) groups is 2. The second kappa shape index (κ2) is 9.23. The lowest BCUT2D eigenvalue weighted by molar-refractivity contribution is -0.384. The molecule has 1 heterocycles. The summed E-state index contributed by atoms with van der Waals surface area (Å²) in [4.78, 5) is 40.3. The van der Waals surface area contributed by atoms with Gasteiger partial charge in [-0.3, -0.25) is 19.9 Å². The van der Waals surface area contributed by atoms with Gasteiger partial charge in [0.1, 0.15) is 12.5 Å². The molecular formula is C19H23N3O6. The second-order valence-electron chi connectivity index (χ2n) is 6.32. The minimum atomic E-state index is -0.887. The van der Waals surface area contributed by atoms with E-state index in [9.17, 15) is 19.7 Å². The van der Waals surface area contributed by atoms with Crippen LogP contribution < -0.4 is 5.32 Å². The van der Waals surface area contributed by atoms with Crippen LogP contribution in [0.4, 0.5) is 5.69 Å². The smallest absolute Gasteiger partial charge is 0.336 e. The fourth-order valence-corrected chi connectivity index (χ4v) is 3.25. The first-order chi connectivity index (χ1) is 13.3. The van der Waals surface area contributed by atoms with E-state index < -0.39 is 28.7 Å². The van der Waals surface area contributed by atoms with Crippen LogP contribution in [-0.2, 0) is 19.1 Å². The third kappa shape index (κ3) is 4.42. The third-order valence-electron chi connectivity index (χ3n) is 4.53. The van der Waals surface area contributed by atoms with Crippen molar-refractivity contribution in [3.05, 3.63) is 51.2 Å². The Morgan fingerprint density at radius 2 is 2.04 bits per heavy atom. The number of aliphatic imine (C=N–C) groups is 1. The van der Waals surface area contributed by atoms with Crippen molar-refractivity contribution in [1.82, 2.24) is 5.32 Å². The molecule has 28 heavy (non-hydrogen) atoms.